The molecular weight excluding hydrogens is 436 g/mol. The Kier molecular flexibility index (Phi) is 5.02. The molecule has 6 heteroatoms. The van der Waals surface area contributed by atoms with Crippen molar-refractivity contribution in [3.8, 4) is 33.7 Å². The highest BCUT2D eigenvalue weighted by Gasteiger charge is 2.31. The molecule has 3 heterocycles. The van der Waals surface area contributed by atoms with E-state index in [4.69, 9.17) is 15.1 Å². The van der Waals surface area contributed by atoms with Crippen LogP contribution in [0.4, 0.5) is 5.69 Å². The molecule has 0 unspecified atom stereocenters. The standard InChI is InChI=1S/C29H26N4O2/c1-17-21(16-31-33(17)2)26-29-23(27(34)24(30)28(35-29)20-12-7-4-8-13-20)22(18-10-5-3-6-11-18)25(32-26)19-14-9-15-19/h3-8,10-13,16,19H,9,14-15,30H2,1-2H3. The van der Waals surface area contributed by atoms with Crippen molar-refractivity contribution in [2.45, 2.75) is 32.1 Å². The lowest BCUT2D eigenvalue weighted by Crippen LogP contribution is -2.17. The van der Waals surface area contributed by atoms with Crippen LogP contribution in [0.5, 0.6) is 0 Å². The van der Waals surface area contributed by atoms with Crippen molar-refractivity contribution >= 4 is 16.7 Å². The zero-order valence-electron chi connectivity index (χ0n) is 19.8. The Morgan fingerprint density at radius 1 is 1.00 bits per heavy atom. The minimum Gasteiger partial charge on any atom is -0.451 e. The minimum absolute atomic E-state index is 0.112. The van der Waals surface area contributed by atoms with Crippen molar-refractivity contribution in [1.82, 2.24) is 14.8 Å². The van der Waals surface area contributed by atoms with Gasteiger partial charge in [0.25, 0.3) is 0 Å². The number of nitrogens with zero attached hydrogens (tertiary/aromatic N) is 3. The number of fused-ring (bicyclic) bond motifs is 1. The molecule has 6 nitrogen and oxygen atoms in total. The molecule has 0 atom stereocenters. The fourth-order valence-electron chi connectivity index (χ4n) is 4.89. The van der Waals surface area contributed by atoms with Gasteiger partial charge in [-0.3, -0.25) is 9.48 Å². The summed E-state index contributed by atoms with van der Waals surface area (Å²) in [4.78, 5) is 19.3. The Bertz CT molecular complexity index is 1610. The second-order valence-electron chi connectivity index (χ2n) is 9.23. The van der Waals surface area contributed by atoms with Crippen LogP contribution in [0.15, 0.2) is 76.1 Å². The summed E-state index contributed by atoms with van der Waals surface area (Å²) in [6.07, 6.45) is 5.05. The van der Waals surface area contributed by atoms with Crippen LogP contribution in [0.3, 0.4) is 0 Å². The van der Waals surface area contributed by atoms with Gasteiger partial charge < -0.3 is 10.2 Å². The van der Waals surface area contributed by atoms with E-state index in [9.17, 15) is 4.79 Å². The molecule has 1 aliphatic carbocycles. The maximum atomic E-state index is 14.0. The molecule has 0 spiro atoms. The maximum Gasteiger partial charge on any atom is 0.217 e. The Morgan fingerprint density at radius 2 is 1.66 bits per heavy atom. The molecule has 2 N–H and O–H groups in total. The van der Waals surface area contributed by atoms with E-state index < -0.39 is 0 Å². The lowest BCUT2D eigenvalue weighted by atomic mass is 9.79. The molecule has 0 bridgehead atoms. The number of nitrogen functional groups attached to an aromatic ring is 1. The van der Waals surface area contributed by atoms with Crippen LogP contribution in [-0.4, -0.2) is 14.8 Å². The zero-order valence-corrected chi connectivity index (χ0v) is 19.8. The van der Waals surface area contributed by atoms with Gasteiger partial charge in [0.05, 0.1) is 17.3 Å². The number of rotatable bonds is 4. The monoisotopic (exact) mass is 462 g/mol. The fraction of sp³-hybridized carbons (Fsp3) is 0.207. The molecule has 1 aliphatic rings. The molecule has 2 aromatic carbocycles. The zero-order chi connectivity index (χ0) is 24.1. The first kappa shape index (κ1) is 21.4. The van der Waals surface area contributed by atoms with E-state index in [1.807, 2.05) is 79.3 Å². The third-order valence-electron chi connectivity index (χ3n) is 7.18. The molecule has 1 saturated carbocycles. The third-order valence-corrected chi connectivity index (χ3v) is 7.18. The lowest BCUT2D eigenvalue weighted by molar-refractivity contribution is 0.412. The Balaban J connectivity index is 1.80. The van der Waals surface area contributed by atoms with Crippen molar-refractivity contribution in [1.29, 1.82) is 0 Å². The number of hydrogen-bond donors (Lipinski definition) is 1. The number of nitrogens with two attached hydrogens (primary N) is 1. The minimum atomic E-state index is -0.227. The van der Waals surface area contributed by atoms with Crippen LogP contribution < -0.4 is 11.2 Å². The summed E-state index contributed by atoms with van der Waals surface area (Å²) >= 11 is 0. The molecule has 174 valence electrons. The normalized spacial score (nSPS) is 13.8. The van der Waals surface area contributed by atoms with Gasteiger partial charge in [-0.05, 0) is 25.3 Å². The number of hydrogen-bond acceptors (Lipinski definition) is 5. The second kappa shape index (κ2) is 8.24. The number of aryl methyl sites for hydroxylation is 1. The van der Waals surface area contributed by atoms with E-state index in [2.05, 4.69) is 5.10 Å². The average molecular weight is 463 g/mol. The maximum absolute atomic E-state index is 14.0. The Morgan fingerprint density at radius 3 is 2.23 bits per heavy atom. The molecule has 0 aliphatic heterocycles. The van der Waals surface area contributed by atoms with E-state index in [-0.39, 0.29) is 11.1 Å². The highest BCUT2D eigenvalue weighted by Crippen LogP contribution is 2.45. The average Bonchev–Trinajstić information content (AvgIpc) is 3.18. The van der Waals surface area contributed by atoms with Crippen molar-refractivity contribution in [2.24, 2.45) is 7.05 Å². The summed E-state index contributed by atoms with van der Waals surface area (Å²) in [7, 11) is 1.90. The summed E-state index contributed by atoms with van der Waals surface area (Å²) < 4.78 is 8.34. The van der Waals surface area contributed by atoms with Crippen LogP contribution in [0.25, 0.3) is 44.7 Å². The van der Waals surface area contributed by atoms with E-state index in [1.165, 1.54) is 0 Å². The van der Waals surface area contributed by atoms with Crippen LogP contribution in [0, 0.1) is 6.92 Å². The summed E-state index contributed by atoms with van der Waals surface area (Å²) in [6, 6.07) is 19.5. The van der Waals surface area contributed by atoms with Crippen molar-refractivity contribution in [2.75, 3.05) is 5.73 Å². The van der Waals surface area contributed by atoms with E-state index in [1.54, 1.807) is 6.20 Å². The first-order valence-corrected chi connectivity index (χ1v) is 11.9. The van der Waals surface area contributed by atoms with Gasteiger partial charge in [-0.1, -0.05) is 67.1 Å². The number of aromatic nitrogens is 3. The fourth-order valence-corrected chi connectivity index (χ4v) is 4.89. The molecule has 5 aromatic rings. The number of benzene rings is 2. The highest BCUT2D eigenvalue weighted by molar-refractivity contribution is 6.03. The van der Waals surface area contributed by atoms with E-state index >= 15 is 0 Å². The van der Waals surface area contributed by atoms with Crippen LogP contribution in [0.2, 0.25) is 0 Å². The van der Waals surface area contributed by atoms with Gasteiger partial charge in [0.2, 0.25) is 5.43 Å². The van der Waals surface area contributed by atoms with Crippen molar-refractivity contribution in [3.63, 3.8) is 0 Å². The van der Waals surface area contributed by atoms with Crippen molar-refractivity contribution in [3.05, 3.63) is 88.5 Å². The number of pyridine rings is 1. The van der Waals surface area contributed by atoms with E-state index in [0.29, 0.717) is 28.3 Å². The summed E-state index contributed by atoms with van der Waals surface area (Å²) in [5.74, 6) is 0.655. The second-order valence-corrected chi connectivity index (χ2v) is 9.23. The van der Waals surface area contributed by atoms with Gasteiger partial charge in [0, 0.05) is 35.3 Å². The summed E-state index contributed by atoms with van der Waals surface area (Å²) in [6.45, 7) is 2.00. The molecule has 3 aromatic heterocycles. The van der Waals surface area contributed by atoms with Crippen molar-refractivity contribution < 1.29 is 4.42 Å². The van der Waals surface area contributed by atoms with Gasteiger partial charge in [-0.25, -0.2) is 4.98 Å². The SMILES string of the molecule is Cc1c(-c2nc(C3CCC3)c(-c3ccccc3)c3c(=O)c(N)c(-c4ccccc4)oc23)cnn1C. The van der Waals surface area contributed by atoms with Crippen LogP contribution >= 0.6 is 0 Å². The van der Waals surface area contributed by atoms with Gasteiger partial charge >= 0.3 is 0 Å². The van der Waals surface area contributed by atoms with Gasteiger partial charge in [0.15, 0.2) is 11.3 Å². The third kappa shape index (κ3) is 3.36. The molecule has 0 amide bonds. The molecule has 0 saturated heterocycles. The summed E-state index contributed by atoms with van der Waals surface area (Å²) in [5.41, 5.74) is 12.7. The number of anilines is 1. The molecular formula is C29H26N4O2. The topological polar surface area (TPSA) is 86.9 Å². The highest BCUT2D eigenvalue weighted by atomic mass is 16.3. The first-order chi connectivity index (χ1) is 17.0. The molecule has 35 heavy (non-hydrogen) atoms. The van der Waals surface area contributed by atoms with E-state index in [0.717, 1.165) is 52.9 Å². The summed E-state index contributed by atoms with van der Waals surface area (Å²) in [5, 5.41) is 4.93. The predicted molar refractivity (Wildman–Crippen MR) is 139 cm³/mol. The van der Waals surface area contributed by atoms with Crippen LogP contribution in [0.1, 0.15) is 36.6 Å². The molecule has 6 rings (SSSR count). The predicted octanol–water partition coefficient (Wildman–Crippen LogP) is 6.08. The largest absolute Gasteiger partial charge is 0.451 e. The van der Waals surface area contributed by atoms with Gasteiger partial charge in [-0.2, -0.15) is 5.10 Å². The smallest absolute Gasteiger partial charge is 0.217 e. The lowest BCUT2D eigenvalue weighted by Gasteiger charge is -2.28. The van der Waals surface area contributed by atoms with Crippen LogP contribution in [-0.2, 0) is 7.05 Å². The Hall–Kier alpha value is -4.19. The Labute approximate surface area is 203 Å². The molecule has 1 fully saturated rings. The quantitative estimate of drug-likeness (QED) is 0.350. The van der Waals surface area contributed by atoms with Gasteiger partial charge in [-0.15, -0.1) is 0 Å². The molecule has 0 radical (unpaired) electrons. The first-order valence-electron chi connectivity index (χ1n) is 11.9. The van der Waals surface area contributed by atoms with Gasteiger partial charge in [0.1, 0.15) is 11.4 Å².